The lowest BCUT2D eigenvalue weighted by Gasteiger charge is -2.21. The van der Waals surface area contributed by atoms with E-state index in [-0.39, 0.29) is 0 Å². The quantitative estimate of drug-likeness (QED) is 0.488. The molecule has 0 radical (unpaired) electrons. The normalized spacial score (nSPS) is 11.3. The third kappa shape index (κ3) is 4.76. The third-order valence-corrected chi connectivity index (χ3v) is 3.04. The van der Waals surface area contributed by atoms with E-state index in [1.54, 1.807) is 24.1 Å². The molecule has 1 N–H and O–H groups in total. The molecule has 0 aliphatic rings. The molecular formula is C15H22N6O. The van der Waals surface area contributed by atoms with E-state index in [9.17, 15) is 0 Å². The fourth-order valence-corrected chi connectivity index (χ4v) is 2.05. The number of nitrogens with one attached hydrogen (secondary N) is 1. The van der Waals surface area contributed by atoms with Crippen molar-refractivity contribution in [1.82, 2.24) is 25.0 Å². The number of hydrogen-bond acceptors (Lipinski definition) is 4. The topological polar surface area (TPSA) is 67.6 Å². The maximum absolute atomic E-state index is 5.59. The number of pyridine rings is 1. The van der Waals surface area contributed by atoms with Gasteiger partial charge in [0.25, 0.3) is 0 Å². The molecule has 0 saturated carbocycles. The molecular weight excluding hydrogens is 280 g/mol. The number of aryl methyl sites for hydroxylation is 1. The lowest BCUT2D eigenvalue weighted by atomic mass is 10.3. The van der Waals surface area contributed by atoms with Crippen LogP contribution in [0.3, 0.4) is 0 Å². The van der Waals surface area contributed by atoms with Crippen LogP contribution in [0.5, 0.6) is 5.75 Å². The van der Waals surface area contributed by atoms with Crippen LogP contribution >= 0.6 is 0 Å². The number of nitrogens with zero attached hydrogens (tertiary/aromatic N) is 5. The van der Waals surface area contributed by atoms with Crippen molar-refractivity contribution in [3.63, 3.8) is 0 Å². The highest BCUT2D eigenvalue weighted by Crippen LogP contribution is 2.05. The first-order chi connectivity index (χ1) is 10.7. The Kier molecular flexibility index (Phi) is 5.76. The Morgan fingerprint density at radius 1 is 1.45 bits per heavy atom. The van der Waals surface area contributed by atoms with E-state index in [0.717, 1.165) is 23.8 Å². The predicted molar refractivity (Wildman–Crippen MR) is 85.8 cm³/mol. The van der Waals surface area contributed by atoms with Gasteiger partial charge >= 0.3 is 0 Å². The zero-order chi connectivity index (χ0) is 15.8. The monoisotopic (exact) mass is 302 g/mol. The van der Waals surface area contributed by atoms with Gasteiger partial charge in [0.05, 0.1) is 18.9 Å². The summed E-state index contributed by atoms with van der Waals surface area (Å²) in [5.74, 6) is 1.58. The molecule has 0 unspecified atom stereocenters. The van der Waals surface area contributed by atoms with Crippen LogP contribution in [0.25, 0.3) is 0 Å². The van der Waals surface area contributed by atoms with Gasteiger partial charge in [0, 0.05) is 45.6 Å². The third-order valence-electron chi connectivity index (χ3n) is 3.04. The summed E-state index contributed by atoms with van der Waals surface area (Å²) in [7, 11) is 5.67. The standard InChI is InChI=1S/C15H22N6O/c1-16-15(20(2)11-13-9-19-21(3)12-13)18-7-8-22-14-5-4-6-17-10-14/h4-6,9-10,12H,7-8,11H2,1-3H3,(H,16,18). The van der Waals surface area contributed by atoms with Gasteiger partial charge in [-0.3, -0.25) is 14.7 Å². The van der Waals surface area contributed by atoms with Crippen LogP contribution < -0.4 is 10.1 Å². The maximum atomic E-state index is 5.59. The van der Waals surface area contributed by atoms with Crippen molar-refractivity contribution >= 4 is 5.96 Å². The minimum absolute atomic E-state index is 0.547. The molecule has 22 heavy (non-hydrogen) atoms. The SMILES string of the molecule is CN=C(NCCOc1cccnc1)N(C)Cc1cnn(C)c1. The lowest BCUT2D eigenvalue weighted by molar-refractivity contribution is 0.318. The molecule has 0 aliphatic carbocycles. The second-order valence-corrected chi connectivity index (χ2v) is 4.89. The molecule has 0 fully saturated rings. The van der Waals surface area contributed by atoms with Crippen LogP contribution in [0.4, 0.5) is 0 Å². The van der Waals surface area contributed by atoms with Crippen molar-refractivity contribution in [3.05, 3.63) is 42.5 Å². The highest BCUT2D eigenvalue weighted by Gasteiger charge is 2.07. The number of hydrogen-bond donors (Lipinski definition) is 1. The number of rotatable bonds is 6. The number of guanidine groups is 1. The van der Waals surface area contributed by atoms with Gasteiger partial charge in [0.1, 0.15) is 12.4 Å². The van der Waals surface area contributed by atoms with Crippen LogP contribution in [0, 0.1) is 0 Å². The summed E-state index contributed by atoms with van der Waals surface area (Å²) in [4.78, 5) is 10.3. The van der Waals surface area contributed by atoms with E-state index in [0.29, 0.717) is 13.2 Å². The molecule has 2 aromatic heterocycles. The largest absolute Gasteiger partial charge is 0.490 e. The molecule has 0 spiro atoms. The minimum Gasteiger partial charge on any atom is -0.490 e. The fraction of sp³-hybridized carbons (Fsp3) is 0.400. The molecule has 2 heterocycles. The van der Waals surface area contributed by atoms with Crippen LogP contribution in [0.15, 0.2) is 41.9 Å². The van der Waals surface area contributed by atoms with Gasteiger partial charge in [0.15, 0.2) is 5.96 Å². The summed E-state index contributed by atoms with van der Waals surface area (Å²) < 4.78 is 7.38. The first-order valence-electron chi connectivity index (χ1n) is 7.11. The van der Waals surface area contributed by atoms with Crippen molar-refractivity contribution < 1.29 is 4.74 Å². The molecule has 0 saturated heterocycles. The maximum Gasteiger partial charge on any atom is 0.193 e. The molecule has 7 nitrogen and oxygen atoms in total. The van der Waals surface area contributed by atoms with Crippen LogP contribution in [0.1, 0.15) is 5.56 Å². The van der Waals surface area contributed by atoms with E-state index in [4.69, 9.17) is 4.74 Å². The molecule has 118 valence electrons. The Labute approximate surface area is 130 Å². The molecule has 0 atom stereocenters. The van der Waals surface area contributed by atoms with Gasteiger partial charge in [0.2, 0.25) is 0 Å². The summed E-state index contributed by atoms with van der Waals surface area (Å²) in [6.07, 6.45) is 7.27. The summed E-state index contributed by atoms with van der Waals surface area (Å²) >= 11 is 0. The molecule has 0 amide bonds. The van der Waals surface area contributed by atoms with Crippen molar-refractivity contribution in [3.8, 4) is 5.75 Å². The second-order valence-electron chi connectivity index (χ2n) is 4.89. The van der Waals surface area contributed by atoms with E-state index in [2.05, 4.69) is 20.4 Å². The van der Waals surface area contributed by atoms with Gasteiger partial charge in [-0.05, 0) is 12.1 Å². The van der Waals surface area contributed by atoms with Gasteiger partial charge in [-0.1, -0.05) is 0 Å². The molecule has 2 rings (SSSR count). The Hall–Kier alpha value is -2.57. The number of aliphatic imine (C=N–C) groups is 1. The summed E-state index contributed by atoms with van der Waals surface area (Å²) in [5, 5.41) is 7.44. The highest BCUT2D eigenvalue weighted by molar-refractivity contribution is 5.79. The Morgan fingerprint density at radius 2 is 2.32 bits per heavy atom. The number of aromatic nitrogens is 3. The molecule has 0 aliphatic heterocycles. The molecule has 0 aromatic carbocycles. The lowest BCUT2D eigenvalue weighted by Crippen LogP contribution is -2.40. The van der Waals surface area contributed by atoms with Crippen molar-refractivity contribution in [2.75, 3.05) is 27.2 Å². The zero-order valence-electron chi connectivity index (χ0n) is 13.2. The molecule has 0 bridgehead atoms. The molecule has 7 heteroatoms. The van der Waals surface area contributed by atoms with Crippen molar-refractivity contribution in [1.29, 1.82) is 0 Å². The highest BCUT2D eigenvalue weighted by atomic mass is 16.5. The Morgan fingerprint density at radius 3 is 2.95 bits per heavy atom. The fourth-order valence-electron chi connectivity index (χ4n) is 2.05. The van der Waals surface area contributed by atoms with Gasteiger partial charge in [-0.15, -0.1) is 0 Å². The first-order valence-corrected chi connectivity index (χ1v) is 7.11. The van der Waals surface area contributed by atoms with Gasteiger partial charge in [-0.25, -0.2) is 0 Å². The van der Waals surface area contributed by atoms with E-state index >= 15 is 0 Å². The van der Waals surface area contributed by atoms with Gasteiger partial charge < -0.3 is 15.0 Å². The summed E-state index contributed by atoms with van der Waals surface area (Å²) in [6.45, 7) is 1.96. The Bertz CT molecular complexity index is 595. The average molecular weight is 302 g/mol. The second kappa shape index (κ2) is 8.02. The van der Waals surface area contributed by atoms with E-state index in [1.807, 2.05) is 43.5 Å². The summed E-state index contributed by atoms with van der Waals surface area (Å²) in [6, 6.07) is 3.74. The van der Waals surface area contributed by atoms with E-state index < -0.39 is 0 Å². The zero-order valence-corrected chi connectivity index (χ0v) is 13.2. The van der Waals surface area contributed by atoms with Gasteiger partial charge in [-0.2, -0.15) is 5.10 Å². The van der Waals surface area contributed by atoms with Crippen LogP contribution in [0.2, 0.25) is 0 Å². The average Bonchev–Trinajstić information content (AvgIpc) is 2.93. The summed E-state index contributed by atoms with van der Waals surface area (Å²) in [5.41, 5.74) is 1.14. The van der Waals surface area contributed by atoms with E-state index in [1.165, 1.54) is 0 Å². The van der Waals surface area contributed by atoms with Crippen molar-refractivity contribution in [2.24, 2.45) is 12.0 Å². The van der Waals surface area contributed by atoms with Crippen molar-refractivity contribution in [2.45, 2.75) is 6.54 Å². The van der Waals surface area contributed by atoms with Crippen LogP contribution in [-0.4, -0.2) is 52.9 Å². The smallest absolute Gasteiger partial charge is 0.193 e. The van der Waals surface area contributed by atoms with Crippen LogP contribution in [-0.2, 0) is 13.6 Å². The first kappa shape index (κ1) is 15.8. The number of ether oxygens (including phenoxy) is 1. The predicted octanol–water partition coefficient (Wildman–Crippen LogP) is 0.901. The Balaban J connectivity index is 1.74. The molecule has 2 aromatic rings. The minimum atomic E-state index is 0.547.